The van der Waals surface area contributed by atoms with Gasteiger partial charge in [-0.2, -0.15) is 0 Å². The molecule has 0 unspecified atom stereocenters. The summed E-state index contributed by atoms with van der Waals surface area (Å²) < 4.78 is 4.85. The molecule has 1 aliphatic carbocycles. The minimum Gasteiger partial charge on any atom is -0.469 e. The number of carbonyl (C=O) groups excluding carboxylic acids is 1. The summed E-state index contributed by atoms with van der Waals surface area (Å²) in [5, 5.41) is 3.46. The zero-order chi connectivity index (χ0) is 9.97. The monoisotopic (exact) mass is 197 g/mol. The average molecular weight is 197 g/mol. The van der Waals surface area contributed by atoms with E-state index in [0.717, 1.165) is 13.0 Å². The highest BCUT2D eigenvalue weighted by Gasteiger charge is 2.39. The summed E-state index contributed by atoms with van der Waals surface area (Å²) in [5.41, 5.74) is 0. The average Bonchev–Trinajstić information content (AvgIpc) is 2.85. The van der Waals surface area contributed by atoms with Gasteiger partial charge in [-0.25, -0.2) is 0 Å². The molecule has 1 heterocycles. The summed E-state index contributed by atoms with van der Waals surface area (Å²) in [6.07, 6.45) is 6.18. The maximum absolute atomic E-state index is 11.5. The molecule has 1 saturated heterocycles. The molecule has 14 heavy (non-hydrogen) atoms. The van der Waals surface area contributed by atoms with E-state index in [2.05, 4.69) is 5.32 Å². The van der Waals surface area contributed by atoms with E-state index in [-0.39, 0.29) is 11.9 Å². The Hall–Kier alpha value is -0.570. The lowest BCUT2D eigenvalue weighted by molar-refractivity contribution is -0.146. The molecule has 0 radical (unpaired) electrons. The van der Waals surface area contributed by atoms with Crippen LogP contribution in [-0.2, 0) is 9.53 Å². The van der Waals surface area contributed by atoms with E-state index < -0.39 is 0 Å². The molecular formula is C11H19NO2. The summed E-state index contributed by atoms with van der Waals surface area (Å²) in [6.45, 7) is 0.973. The van der Waals surface area contributed by atoms with Gasteiger partial charge in [0.25, 0.3) is 0 Å². The first-order valence-electron chi connectivity index (χ1n) is 5.64. The van der Waals surface area contributed by atoms with E-state index in [9.17, 15) is 4.79 Å². The lowest BCUT2D eigenvalue weighted by Crippen LogP contribution is -2.37. The molecule has 2 rings (SSSR count). The van der Waals surface area contributed by atoms with Crippen molar-refractivity contribution in [3.05, 3.63) is 0 Å². The first-order chi connectivity index (χ1) is 6.83. The van der Waals surface area contributed by atoms with Crippen molar-refractivity contribution in [2.75, 3.05) is 13.7 Å². The number of nitrogens with one attached hydrogen (secondary N) is 1. The van der Waals surface area contributed by atoms with Gasteiger partial charge in [0, 0.05) is 6.04 Å². The molecule has 2 fully saturated rings. The third-order valence-corrected chi connectivity index (χ3v) is 3.68. The fourth-order valence-electron chi connectivity index (χ4n) is 2.95. The summed E-state index contributed by atoms with van der Waals surface area (Å²) >= 11 is 0. The number of methoxy groups -OCH3 is 1. The van der Waals surface area contributed by atoms with Gasteiger partial charge in [0.15, 0.2) is 0 Å². The fraction of sp³-hybridized carbons (Fsp3) is 0.909. The van der Waals surface area contributed by atoms with Gasteiger partial charge in [0.1, 0.15) is 0 Å². The Balaban J connectivity index is 1.98. The molecular weight excluding hydrogens is 178 g/mol. The SMILES string of the molecule is COC(=O)[C@H]1CCN[C@@H]1C1CCCC1. The molecule has 0 aromatic rings. The molecule has 0 aromatic heterocycles. The van der Waals surface area contributed by atoms with Gasteiger partial charge in [0.2, 0.25) is 0 Å². The molecule has 0 spiro atoms. The minimum atomic E-state index is -0.0214. The molecule has 1 N–H and O–H groups in total. The van der Waals surface area contributed by atoms with E-state index in [0.29, 0.717) is 12.0 Å². The largest absolute Gasteiger partial charge is 0.469 e. The van der Waals surface area contributed by atoms with Gasteiger partial charge in [-0.15, -0.1) is 0 Å². The predicted octanol–water partition coefficient (Wildman–Crippen LogP) is 1.33. The van der Waals surface area contributed by atoms with Crippen molar-refractivity contribution in [1.82, 2.24) is 5.32 Å². The highest BCUT2D eigenvalue weighted by molar-refractivity contribution is 5.73. The van der Waals surface area contributed by atoms with Gasteiger partial charge in [-0.05, 0) is 31.7 Å². The van der Waals surface area contributed by atoms with E-state index in [1.165, 1.54) is 32.8 Å². The Bertz CT molecular complexity index is 211. The number of hydrogen-bond acceptors (Lipinski definition) is 3. The second kappa shape index (κ2) is 4.30. The Labute approximate surface area is 85.2 Å². The first kappa shape index (κ1) is 9.97. The summed E-state index contributed by atoms with van der Waals surface area (Å²) in [6, 6.07) is 0.393. The Morgan fingerprint density at radius 3 is 2.64 bits per heavy atom. The molecule has 3 heteroatoms. The molecule has 2 atom stereocenters. The fourth-order valence-corrected chi connectivity index (χ4v) is 2.95. The van der Waals surface area contributed by atoms with Gasteiger partial charge >= 0.3 is 5.97 Å². The van der Waals surface area contributed by atoms with Crippen molar-refractivity contribution in [3.63, 3.8) is 0 Å². The molecule has 2 aliphatic rings. The van der Waals surface area contributed by atoms with Crippen LogP contribution in [0.3, 0.4) is 0 Å². The summed E-state index contributed by atoms with van der Waals surface area (Å²) in [4.78, 5) is 11.5. The van der Waals surface area contributed by atoms with Crippen molar-refractivity contribution in [2.24, 2.45) is 11.8 Å². The van der Waals surface area contributed by atoms with Crippen molar-refractivity contribution in [3.8, 4) is 0 Å². The highest BCUT2D eigenvalue weighted by Crippen LogP contribution is 2.34. The molecule has 80 valence electrons. The second-order valence-electron chi connectivity index (χ2n) is 4.44. The topological polar surface area (TPSA) is 38.3 Å². The molecule has 0 amide bonds. The van der Waals surface area contributed by atoms with Gasteiger partial charge in [-0.3, -0.25) is 4.79 Å². The number of esters is 1. The van der Waals surface area contributed by atoms with Gasteiger partial charge in [0.05, 0.1) is 13.0 Å². The van der Waals surface area contributed by atoms with Crippen molar-refractivity contribution < 1.29 is 9.53 Å². The first-order valence-corrected chi connectivity index (χ1v) is 5.64. The smallest absolute Gasteiger partial charge is 0.310 e. The standard InChI is InChI=1S/C11H19NO2/c1-14-11(13)9-6-7-12-10(9)8-4-2-3-5-8/h8-10,12H,2-7H2,1H3/t9-,10+/m0/s1. The molecule has 3 nitrogen and oxygen atoms in total. The Kier molecular flexibility index (Phi) is 3.06. The van der Waals surface area contributed by atoms with Crippen LogP contribution < -0.4 is 5.32 Å². The third kappa shape index (κ3) is 1.78. The van der Waals surface area contributed by atoms with E-state index >= 15 is 0 Å². The van der Waals surface area contributed by atoms with Crippen LogP contribution in [0.4, 0.5) is 0 Å². The van der Waals surface area contributed by atoms with Crippen LogP contribution in [0.5, 0.6) is 0 Å². The lowest BCUT2D eigenvalue weighted by atomic mass is 9.88. The molecule has 0 bridgehead atoms. The van der Waals surface area contributed by atoms with E-state index in [1.807, 2.05) is 0 Å². The molecule has 0 aromatic carbocycles. The third-order valence-electron chi connectivity index (χ3n) is 3.68. The predicted molar refractivity (Wildman–Crippen MR) is 53.9 cm³/mol. The van der Waals surface area contributed by atoms with Gasteiger partial charge in [-0.1, -0.05) is 12.8 Å². The Morgan fingerprint density at radius 1 is 1.29 bits per heavy atom. The lowest BCUT2D eigenvalue weighted by Gasteiger charge is -2.23. The number of hydrogen-bond donors (Lipinski definition) is 1. The van der Waals surface area contributed by atoms with Crippen LogP contribution in [0, 0.1) is 11.8 Å². The van der Waals surface area contributed by atoms with Crippen LogP contribution in [0.25, 0.3) is 0 Å². The van der Waals surface area contributed by atoms with Crippen LogP contribution in [0.1, 0.15) is 32.1 Å². The molecule has 1 aliphatic heterocycles. The van der Waals surface area contributed by atoms with Crippen LogP contribution in [0.2, 0.25) is 0 Å². The number of ether oxygens (including phenoxy) is 1. The summed E-state index contributed by atoms with van der Waals surface area (Å²) in [5.74, 6) is 0.802. The zero-order valence-corrected chi connectivity index (χ0v) is 8.79. The van der Waals surface area contributed by atoms with E-state index in [1.54, 1.807) is 0 Å². The second-order valence-corrected chi connectivity index (χ2v) is 4.44. The highest BCUT2D eigenvalue weighted by atomic mass is 16.5. The van der Waals surface area contributed by atoms with Crippen LogP contribution >= 0.6 is 0 Å². The van der Waals surface area contributed by atoms with Crippen molar-refractivity contribution in [1.29, 1.82) is 0 Å². The maximum Gasteiger partial charge on any atom is 0.310 e. The maximum atomic E-state index is 11.5. The molecule has 1 saturated carbocycles. The normalized spacial score (nSPS) is 33.5. The number of carbonyl (C=O) groups is 1. The van der Waals surface area contributed by atoms with Crippen LogP contribution in [0.15, 0.2) is 0 Å². The minimum absolute atomic E-state index is 0.0214. The van der Waals surface area contributed by atoms with E-state index in [4.69, 9.17) is 4.74 Å². The number of rotatable bonds is 2. The summed E-state index contributed by atoms with van der Waals surface area (Å²) in [7, 11) is 1.49. The Morgan fingerprint density at radius 2 is 2.00 bits per heavy atom. The quantitative estimate of drug-likeness (QED) is 0.679. The van der Waals surface area contributed by atoms with Crippen LogP contribution in [-0.4, -0.2) is 25.7 Å². The van der Waals surface area contributed by atoms with Crippen molar-refractivity contribution >= 4 is 5.97 Å². The van der Waals surface area contributed by atoms with Crippen molar-refractivity contribution in [2.45, 2.75) is 38.1 Å². The van der Waals surface area contributed by atoms with Gasteiger partial charge < -0.3 is 10.1 Å². The zero-order valence-electron chi connectivity index (χ0n) is 8.79.